The SMILES string of the molecule is CCCCCCCCCC(CC)CCCCC. The molecule has 1 unspecified atom stereocenters. The van der Waals surface area contributed by atoms with E-state index in [0.717, 1.165) is 5.92 Å². The van der Waals surface area contributed by atoms with E-state index in [1.807, 2.05) is 0 Å². The lowest BCUT2D eigenvalue weighted by Crippen LogP contribution is -1.99. The van der Waals surface area contributed by atoms with Crippen LogP contribution in [0.25, 0.3) is 0 Å². The van der Waals surface area contributed by atoms with E-state index in [1.165, 1.54) is 83.5 Å². The highest BCUT2D eigenvalue weighted by Gasteiger charge is 2.05. The van der Waals surface area contributed by atoms with Gasteiger partial charge in [-0.3, -0.25) is 0 Å². The van der Waals surface area contributed by atoms with Gasteiger partial charge in [-0.05, 0) is 5.92 Å². The van der Waals surface area contributed by atoms with Gasteiger partial charge in [0.1, 0.15) is 0 Å². The molecule has 0 bridgehead atoms. The Kier molecular flexibility index (Phi) is 14.1. The molecule has 0 N–H and O–H groups in total. The van der Waals surface area contributed by atoms with E-state index < -0.39 is 0 Å². The molecule has 0 aromatic rings. The van der Waals surface area contributed by atoms with Crippen LogP contribution in [-0.4, -0.2) is 0 Å². The minimum atomic E-state index is 1.03. The lowest BCUT2D eigenvalue weighted by Gasteiger charge is -2.14. The van der Waals surface area contributed by atoms with Crippen LogP contribution in [0.15, 0.2) is 0 Å². The van der Waals surface area contributed by atoms with Gasteiger partial charge < -0.3 is 0 Å². The molecular weight excluding hydrogens is 204 g/mol. The highest BCUT2D eigenvalue weighted by Crippen LogP contribution is 2.21. The van der Waals surface area contributed by atoms with Crippen LogP contribution in [0.1, 0.15) is 104 Å². The van der Waals surface area contributed by atoms with E-state index >= 15 is 0 Å². The highest BCUT2D eigenvalue weighted by atomic mass is 14.1. The molecule has 0 aromatic carbocycles. The van der Waals surface area contributed by atoms with Crippen LogP contribution in [0.2, 0.25) is 0 Å². The molecule has 0 heteroatoms. The van der Waals surface area contributed by atoms with Crippen molar-refractivity contribution in [1.29, 1.82) is 0 Å². The molecule has 0 aliphatic heterocycles. The summed E-state index contributed by atoms with van der Waals surface area (Å²) >= 11 is 0. The lowest BCUT2D eigenvalue weighted by atomic mass is 9.92. The van der Waals surface area contributed by atoms with E-state index in [1.54, 1.807) is 0 Å². The Morgan fingerprint density at radius 1 is 0.529 bits per heavy atom. The standard InChI is InChI=1S/C17H36/c1-4-7-9-10-11-12-14-16-17(6-3)15-13-8-5-2/h17H,4-16H2,1-3H3. The fourth-order valence-electron chi connectivity index (χ4n) is 2.63. The first kappa shape index (κ1) is 17.0. The molecule has 1 atom stereocenters. The summed E-state index contributed by atoms with van der Waals surface area (Å²) in [6.45, 7) is 6.97. The van der Waals surface area contributed by atoms with Crippen molar-refractivity contribution in [2.45, 2.75) is 104 Å². The van der Waals surface area contributed by atoms with Crippen molar-refractivity contribution in [2.24, 2.45) is 5.92 Å². The first-order chi connectivity index (χ1) is 8.35. The maximum Gasteiger partial charge on any atom is -0.0417 e. The van der Waals surface area contributed by atoms with Gasteiger partial charge in [-0.15, -0.1) is 0 Å². The second kappa shape index (κ2) is 14.1. The summed E-state index contributed by atoms with van der Waals surface area (Å²) in [6, 6.07) is 0. The Hall–Kier alpha value is 0. The molecular formula is C17H36. The zero-order valence-electron chi connectivity index (χ0n) is 12.8. The monoisotopic (exact) mass is 240 g/mol. The Morgan fingerprint density at radius 2 is 0.941 bits per heavy atom. The topological polar surface area (TPSA) is 0 Å². The van der Waals surface area contributed by atoms with Crippen molar-refractivity contribution in [3.63, 3.8) is 0 Å². The Balaban J connectivity index is 3.25. The van der Waals surface area contributed by atoms with Gasteiger partial charge in [0.15, 0.2) is 0 Å². The summed E-state index contributed by atoms with van der Waals surface area (Å²) in [5, 5.41) is 0. The van der Waals surface area contributed by atoms with Crippen LogP contribution in [-0.2, 0) is 0 Å². The van der Waals surface area contributed by atoms with Gasteiger partial charge in [0.25, 0.3) is 0 Å². The van der Waals surface area contributed by atoms with Gasteiger partial charge in [-0.1, -0.05) is 104 Å². The zero-order chi connectivity index (χ0) is 12.8. The molecule has 0 saturated carbocycles. The number of hydrogen-bond acceptors (Lipinski definition) is 0. The molecule has 0 spiro atoms. The molecule has 0 rings (SSSR count). The predicted molar refractivity (Wildman–Crippen MR) is 80.5 cm³/mol. The summed E-state index contributed by atoms with van der Waals surface area (Å²) in [4.78, 5) is 0. The molecule has 0 amide bonds. The van der Waals surface area contributed by atoms with Crippen LogP contribution in [0, 0.1) is 5.92 Å². The number of unbranched alkanes of at least 4 members (excludes halogenated alkanes) is 8. The van der Waals surface area contributed by atoms with Gasteiger partial charge in [0.05, 0.1) is 0 Å². The summed E-state index contributed by atoms with van der Waals surface area (Å²) in [7, 11) is 0. The highest BCUT2D eigenvalue weighted by molar-refractivity contribution is 4.58. The van der Waals surface area contributed by atoms with Crippen molar-refractivity contribution in [3.8, 4) is 0 Å². The van der Waals surface area contributed by atoms with Crippen molar-refractivity contribution in [1.82, 2.24) is 0 Å². The second-order valence-corrected chi connectivity index (χ2v) is 5.68. The fraction of sp³-hybridized carbons (Fsp3) is 1.00. The normalized spacial score (nSPS) is 12.9. The van der Waals surface area contributed by atoms with Crippen molar-refractivity contribution in [3.05, 3.63) is 0 Å². The Labute approximate surface area is 111 Å². The molecule has 104 valence electrons. The van der Waals surface area contributed by atoms with Gasteiger partial charge in [-0.2, -0.15) is 0 Å². The van der Waals surface area contributed by atoms with Crippen molar-refractivity contribution >= 4 is 0 Å². The van der Waals surface area contributed by atoms with Crippen LogP contribution in [0.4, 0.5) is 0 Å². The van der Waals surface area contributed by atoms with Gasteiger partial charge in [0, 0.05) is 0 Å². The molecule has 0 heterocycles. The minimum Gasteiger partial charge on any atom is -0.0654 e. The molecule has 0 aliphatic carbocycles. The smallest absolute Gasteiger partial charge is 0.0417 e. The summed E-state index contributed by atoms with van der Waals surface area (Å²) in [5.74, 6) is 1.03. The molecule has 0 aromatic heterocycles. The van der Waals surface area contributed by atoms with Crippen molar-refractivity contribution < 1.29 is 0 Å². The zero-order valence-corrected chi connectivity index (χ0v) is 12.8. The van der Waals surface area contributed by atoms with E-state index in [9.17, 15) is 0 Å². The van der Waals surface area contributed by atoms with Gasteiger partial charge >= 0.3 is 0 Å². The van der Waals surface area contributed by atoms with Crippen LogP contribution in [0.5, 0.6) is 0 Å². The summed E-state index contributed by atoms with van der Waals surface area (Å²) in [5.41, 5.74) is 0. The molecule has 17 heavy (non-hydrogen) atoms. The first-order valence-corrected chi connectivity index (χ1v) is 8.35. The fourth-order valence-corrected chi connectivity index (χ4v) is 2.63. The third-order valence-electron chi connectivity index (χ3n) is 4.01. The third kappa shape index (κ3) is 12.2. The second-order valence-electron chi connectivity index (χ2n) is 5.68. The lowest BCUT2D eigenvalue weighted by molar-refractivity contribution is 0.396. The van der Waals surface area contributed by atoms with Gasteiger partial charge in [-0.25, -0.2) is 0 Å². The average molecular weight is 240 g/mol. The summed E-state index contributed by atoms with van der Waals surface area (Å²) in [6.07, 6.45) is 18.8. The van der Waals surface area contributed by atoms with E-state index in [2.05, 4.69) is 20.8 Å². The van der Waals surface area contributed by atoms with Crippen LogP contribution in [0.3, 0.4) is 0 Å². The quantitative estimate of drug-likeness (QED) is 0.313. The summed E-state index contributed by atoms with van der Waals surface area (Å²) < 4.78 is 0. The van der Waals surface area contributed by atoms with Gasteiger partial charge in [0.2, 0.25) is 0 Å². The average Bonchev–Trinajstić information content (AvgIpc) is 2.35. The molecule has 0 fully saturated rings. The maximum atomic E-state index is 2.37. The Morgan fingerprint density at radius 3 is 1.47 bits per heavy atom. The molecule has 0 radical (unpaired) electrons. The van der Waals surface area contributed by atoms with Crippen molar-refractivity contribution in [2.75, 3.05) is 0 Å². The largest absolute Gasteiger partial charge is 0.0654 e. The molecule has 0 nitrogen and oxygen atoms in total. The van der Waals surface area contributed by atoms with E-state index in [0.29, 0.717) is 0 Å². The van der Waals surface area contributed by atoms with Crippen LogP contribution < -0.4 is 0 Å². The number of hydrogen-bond donors (Lipinski definition) is 0. The minimum absolute atomic E-state index is 1.03. The van der Waals surface area contributed by atoms with E-state index in [-0.39, 0.29) is 0 Å². The molecule has 0 aliphatic rings. The van der Waals surface area contributed by atoms with Crippen LogP contribution >= 0.6 is 0 Å². The predicted octanol–water partition coefficient (Wildman–Crippen LogP) is 6.73. The first-order valence-electron chi connectivity index (χ1n) is 8.35. The third-order valence-corrected chi connectivity index (χ3v) is 4.01. The molecule has 0 saturated heterocycles. The van der Waals surface area contributed by atoms with E-state index in [4.69, 9.17) is 0 Å². The number of rotatable bonds is 13. The maximum absolute atomic E-state index is 2.37. The Bertz CT molecular complexity index is 128.